The molecule has 0 aliphatic heterocycles. The molecule has 0 radical (unpaired) electrons. The molecule has 0 aliphatic carbocycles. The molecule has 0 saturated heterocycles. The number of benzene rings is 1. The van der Waals surface area contributed by atoms with Crippen LogP contribution >= 0.6 is 0 Å². The van der Waals surface area contributed by atoms with Crippen molar-refractivity contribution in [3.63, 3.8) is 0 Å². The Bertz CT molecular complexity index is 626. The number of rotatable bonds is 8. The van der Waals surface area contributed by atoms with E-state index in [1.807, 2.05) is 65.0 Å². The first-order valence-electron chi connectivity index (χ1n) is 9.18. The molecule has 0 spiro atoms. The van der Waals surface area contributed by atoms with Crippen molar-refractivity contribution in [2.24, 2.45) is 5.92 Å². The van der Waals surface area contributed by atoms with Gasteiger partial charge in [0.25, 0.3) is 0 Å². The van der Waals surface area contributed by atoms with Crippen LogP contribution in [0.4, 0.5) is 4.79 Å². The summed E-state index contributed by atoms with van der Waals surface area (Å²) >= 11 is 0. The monoisotopic (exact) mass is 377 g/mol. The van der Waals surface area contributed by atoms with E-state index < -0.39 is 18.0 Å². The Balaban J connectivity index is 2.57. The van der Waals surface area contributed by atoms with Gasteiger partial charge in [0.1, 0.15) is 12.6 Å². The van der Waals surface area contributed by atoms with Crippen molar-refractivity contribution in [3.8, 4) is 0 Å². The van der Waals surface area contributed by atoms with Crippen LogP contribution in [0.5, 0.6) is 0 Å². The lowest BCUT2D eigenvalue weighted by Gasteiger charge is -2.24. The molecule has 1 aromatic rings. The highest BCUT2D eigenvalue weighted by Gasteiger charge is 2.27. The molecule has 3 amide bonds. The summed E-state index contributed by atoms with van der Waals surface area (Å²) in [4.78, 5) is 36.4. The minimum atomic E-state index is -0.777. The number of alkyl carbamates (subject to hydrolysis) is 1. The van der Waals surface area contributed by atoms with Crippen LogP contribution in [0.25, 0.3) is 0 Å². The van der Waals surface area contributed by atoms with Gasteiger partial charge in [-0.2, -0.15) is 0 Å². The number of carbonyl (C=O) groups excluding carboxylic acids is 3. The van der Waals surface area contributed by atoms with Gasteiger partial charge in [0.15, 0.2) is 0 Å². The minimum Gasteiger partial charge on any atom is -0.445 e. The molecule has 0 heterocycles. The summed E-state index contributed by atoms with van der Waals surface area (Å²) in [5.41, 5.74) is 0.480. The molecule has 150 valence electrons. The first-order chi connectivity index (χ1) is 12.6. The van der Waals surface area contributed by atoms with Gasteiger partial charge in [0.05, 0.1) is 6.54 Å². The van der Waals surface area contributed by atoms with Gasteiger partial charge in [-0.25, -0.2) is 4.79 Å². The second-order valence-corrected chi connectivity index (χ2v) is 7.59. The first kappa shape index (κ1) is 22.5. The van der Waals surface area contributed by atoms with Gasteiger partial charge in [-0.15, -0.1) is 0 Å². The summed E-state index contributed by atoms with van der Waals surface area (Å²) in [6.07, 6.45) is 0.0176. The zero-order valence-electron chi connectivity index (χ0n) is 16.8. The van der Waals surface area contributed by atoms with E-state index in [0.717, 1.165) is 5.56 Å². The van der Waals surface area contributed by atoms with Crippen LogP contribution in [0.2, 0.25) is 0 Å². The Morgan fingerprint density at radius 3 is 2.30 bits per heavy atom. The van der Waals surface area contributed by atoms with Crippen LogP contribution in [0.3, 0.4) is 0 Å². The zero-order chi connectivity index (χ0) is 20.4. The lowest BCUT2D eigenvalue weighted by atomic mass is 9.98. The van der Waals surface area contributed by atoms with E-state index in [4.69, 9.17) is 4.74 Å². The maximum atomic E-state index is 12.5. The van der Waals surface area contributed by atoms with Crippen molar-refractivity contribution >= 4 is 17.9 Å². The fraction of sp³-hybridized carbons (Fsp3) is 0.550. The maximum Gasteiger partial charge on any atom is 0.408 e. The topological polar surface area (TPSA) is 96.5 Å². The molecule has 7 nitrogen and oxygen atoms in total. The molecule has 0 saturated carbocycles. The third-order valence-corrected chi connectivity index (χ3v) is 3.92. The van der Waals surface area contributed by atoms with Crippen LogP contribution in [0.1, 0.15) is 46.6 Å². The largest absolute Gasteiger partial charge is 0.445 e. The summed E-state index contributed by atoms with van der Waals surface area (Å²) in [7, 11) is 0. The van der Waals surface area contributed by atoms with Crippen LogP contribution in [0, 0.1) is 5.92 Å². The minimum absolute atomic E-state index is 0.111. The number of ether oxygens (including phenoxy) is 1. The Morgan fingerprint density at radius 1 is 1.11 bits per heavy atom. The highest BCUT2D eigenvalue weighted by molar-refractivity contribution is 5.89. The predicted molar refractivity (Wildman–Crippen MR) is 104 cm³/mol. The van der Waals surface area contributed by atoms with Gasteiger partial charge >= 0.3 is 6.09 Å². The third-order valence-electron chi connectivity index (χ3n) is 3.92. The van der Waals surface area contributed by atoms with Crippen molar-refractivity contribution in [2.75, 3.05) is 6.54 Å². The standard InChI is InChI=1S/C20H31N3O4/c1-6-14(2)17(18(25)21-12-16(24)23-20(3,4)5)22-19(26)27-13-15-10-8-7-9-11-15/h7-11,14,17H,6,12-13H2,1-5H3,(H,21,25)(H,22,26)(H,23,24)/t14-,17-/m0/s1. The van der Waals surface area contributed by atoms with Crippen molar-refractivity contribution in [3.05, 3.63) is 35.9 Å². The quantitative estimate of drug-likeness (QED) is 0.648. The molecule has 0 bridgehead atoms. The Labute approximate surface area is 161 Å². The van der Waals surface area contributed by atoms with E-state index in [2.05, 4.69) is 16.0 Å². The molecule has 1 aromatic carbocycles. The normalized spacial score (nSPS) is 13.2. The van der Waals surface area contributed by atoms with Gasteiger partial charge in [0, 0.05) is 5.54 Å². The van der Waals surface area contributed by atoms with Crippen LogP contribution in [0.15, 0.2) is 30.3 Å². The molecule has 0 aromatic heterocycles. The van der Waals surface area contributed by atoms with Gasteiger partial charge in [0.2, 0.25) is 11.8 Å². The predicted octanol–water partition coefficient (Wildman–Crippen LogP) is 2.36. The van der Waals surface area contributed by atoms with Gasteiger partial charge < -0.3 is 20.7 Å². The molecule has 2 atom stereocenters. The fourth-order valence-corrected chi connectivity index (χ4v) is 2.33. The Hall–Kier alpha value is -2.57. The second kappa shape index (κ2) is 10.5. The summed E-state index contributed by atoms with van der Waals surface area (Å²) in [6.45, 7) is 9.33. The number of hydrogen-bond donors (Lipinski definition) is 3. The molecule has 1 rings (SSSR count). The third kappa shape index (κ3) is 9.08. The number of carbonyl (C=O) groups is 3. The molecule has 7 heteroatoms. The van der Waals surface area contributed by atoms with Gasteiger partial charge in [-0.1, -0.05) is 50.6 Å². The Kier molecular flexibility index (Phi) is 8.78. The average Bonchev–Trinajstić information content (AvgIpc) is 2.61. The van der Waals surface area contributed by atoms with E-state index >= 15 is 0 Å². The lowest BCUT2D eigenvalue weighted by Crippen LogP contribution is -2.53. The number of nitrogens with one attached hydrogen (secondary N) is 3. The van der Waals surface area contributed by atoms with Crippen molar-refractivity contribution in [2.45, 2.75) is 59.2 Å². The molecule has 27 heavy (non-hydrogen) atoms. The van der Waals surface area contributed by atoms with Crippen LogP contribution in [-0.2, 0) is 20.9 Å². The molecule has 3 N–H and O–H groups in total. The van der Waals surface area contributed by atoms with Gasteiger partial charge in [-0.05, 0) is 32.3 Å². The van der Waals surface area contributed by atoms with E-state index in [1.54, 1.807) is 0 Å². The van der Waals surface area contributed by atoms with E-state index in [1.165, 1.54) is 0 Å². The SMILES string of the molecule is CC[C@H](C)[C@H](NC(=O)OCc1ccccc1)C(=O)NCC(=O)NC(C)(C)C. The van der Waals surface area contributed by atoms with E-state index in [0.29, 0.717) is 6.42 Å². The Morgan fingerprint density at radius 2 is 1.74 bits per heavy atom. The second-order valence-electron chi connectivity index (χ2n) is 7.59. The summed E-state index contributed by atoms with van der Waals surface area (Å²) in [6, 6.07) is 8.51. The first-order valence-corrected chi connectivity index (χ1v) is 9.18. The smallest absolute Gasteiger partial charge is 0.408 e. The molecule has 0 fully saturated rings. The molecular formula is C20H31N3O4. The number of amides is 3. The highest BCUT2D eigenvalue weighted by atomic mass is 16.5. The molecular weight excluding hydrogens is 346 g/mol. The lowest BCUT2D eigenvalue weighted by molar-refractivity contribution is -0.128. The summed E-state index contributed by atoms with van der Waals surface area (Å²) in [5, 5.41) is 7.95. The van der Waals surface area contributed by atoms with Crippen molar-refractivity contribution < 1.29 is 19.1 Å². The van der Waals surface area contributed by atoms with Crippen molar-refractivity contribution in [1.29, 1.82) is 0 Å². The number of hydrogen-bond acceptors (Lipinski definition) is 4. The summed E-state index contributed by atoms with van der Waals surface area (Å²) in [5.74, 6) is -0.810. The maximum absolute atomic E-state index is 12.5. The summed E-state index contributed by atoms with van der Waals surface area (Å²) < 4.78 is 5.19. The molecule has 0 unspecified atom stereocenters. The van der Waals surface area contributed by atoms with E-state index in [9.17, 15) is 14.4 Å². The van der Waals surface area contributed by atoms with E-state index in [-0.39, 0.29) is 30.5 Å². The van der Waals surface area contributed by atoms with Gasteiger partial charge in [-0.3, -0.25) is 9.59 Å². The fourth-order valence-electron chi connectivity index (χ4n) is 2.33. The highest BCUT2D eigenvalue weighted by Crippen LogP contribution is 2.09. The van der Waals surface area contributed by atoms with Crippen LogP contribution in [-0.4, -0.2) is 36.0 Å². The zero-order valence-corrected chi connectivity index (χ0v) is 16.8. The van der Waals surface area contributed by atoms with Crippen molar-refractivity contribution in [1.82, 2.24) is 16.0 Å². The van der Waals surface area contributed by atoms with Crippen LogP contribution < -0.4 is 16.0 Å². The average molecular weight is 377 g/mol. The molecule has 0 aliphatic rings.